The van der Waals surface area contributed by atoms with Crippen molar-refractivity contribution in [3.05, 3.63) is 46.9 Å². The maximum Gasteiger partial charge on any atom is 0.226 e. The number of rotatable bonds is 5. The SMILES string of the molecule is O=C(CCC(=O)c1cccc(F)c1)Nc1n[nH]c2c1COCC2. The van der Waals surface area contributed by atoms with Gasteiger partial charge < -0.3 is 10.1 Å². The molecule has 120 valence electrons. The number of hydrogen-bond donors (Lipinski definition) is 2. The second kappa shape index (κ2) is 6.70. The molecule has 0 spiro atoms. The Bertz CT molecular complexity index is 742. The van der Waals surface area contributed by atoms with E-state index in [9.17, 15) is 14.0 Å². The summed E-state index contributed by atoms with van der Waals surface area (Å²) in [6.07, 6.45) is 0.756. The molecule has 1 aliphatic heterocycles. The van der Waals surface area contributed by atoms with Crippen molar-refractivity contribution in [1.29, 1.82) is 0 Å². The molecule has 2 N–H and O–H groups in total. The van der Waals surface area contributed by atoms with Crippen molar-refractivity contribution in [1.82, 2.24) is 10.2 Å². The van der Waals surface area contributed by atoms with Crippen LogP contribution < -0.4 is 5.32 Å². The van der Waals surface area contributed by atoms with Gasteiger partial charge in [-0.2, -0.15) is 5.10 Å². The topological polar surface area (TPSA) is 84.1 Å². The third-order valence-electron chi connectivity index (χ3n) is 3.68. The Hall–Kier alpha value is -2.54. The fourth-order valence-electron chi connectivity index (χ4n) is 2.44. The minimum Gasteiger partial charge on any atom is -0.376 e. The van der Waals surface area contributed by atoms with Crippen LogP contribution >= 0.6 is 0 Å². The van der Waals surface area contributed by atoms with Crippen LogP contribution in [0.3, 0.4) is 0 Å². The number of nitrogens with one attached hydrogen (secondary N) is 2. The second-order valence-corrected chi connectivity index (χ2v) is 5.31. The number of fused-ring (bicyclic) bond motifs is 1. The molecule has 3 rings (SSSR count). The van der Waals surface area contributed by atoms with Gasteiger partial charge in [0, 0.05) is 36.1 Å². The van der Waals surface area contributed by atoms with Crippen molar-refractivity contribution in [2.75, 3.05) is 11.9 Å². The number of aromatic nitrogens is 2. The Balaban J connectivity index is 1.56. The first-order valence-corrected chi connectivity index (χ1v) is 7.36. The van der Waals surface area contributed by atoms with Crippen LogP contribution in [-0.4, -0.2) is 28.5 Å². The Labute approximate surface area is 132 Å². The first-order valence-electron chi connectivity index (χ1n) is 7.36. The molecule has 0 atom stereocenters. The lowest BCUT2D eigenvalue weighted by Gasteiger charge is -2.12. The normalized spacial score (nSPS) is 13.4. The van der Waals surface area contributed by atoms with Gasteiger partial charge in [0.05, 0.1) is 13.2 Å². The van der Waals surface area contributed by atoms with Gasteiger partial charge in [0.2, 0.25) is 5.91 Å². The first-order chi connectivity index (χ1) is 11.1. The van der Waals surface area contributed by atoms with Gasteiger partial charge in [0.15, 0.2) is 11.6 Å². The summed E-state index contributed by atoms with van der Waals surface area (Å²) in [5.74, 6) is -0.604. The van der Waals surface area contributed by atoms with Gasteiger partial charge in [-0.1, -0.05) is 12.1 Å². The monoisotopic (exact) mass is 317 g/mol. The van der Waals surface area contributed by atoms with Crippen LogP contribution in [0.5, 0.6) is 0 Å². The molecular formula is C16H16FN3O3. The van der Waals surface area contributed by atoms with Crippen molar-refractivity contribution >= 4 is 17.5 Å². The molecule has 1 amide bonds. The molecule has 0 radical (unpaired) electrons. The molecule has 0 unspecified atom stereocenters. The summed E-state index contributed by atoms with van der Waals surface area (Å²) in [6, 6.07) is 5.44. The number of halogens is 1. The Kier molecular flexibility index (Phi) is 4.47. The zero-order valence-electron chi connectivity index (χ0n) is 12.4. The molecule has 0 bridgehead atoms. The zero-order valence-corrected chi connectivity index (χ0v) is 12.4. The van der Waals surface area contributed by atoms with Gasteiger partial charge in [-0.25, -0.2) is 4.39 Å². The van der Waals surface area contributed by atoms with Gasteiger partial charge in [-0.15, -0.1) is 0 Å². The highest BCUT2D eigenvalue weighted by Gasteiger charge is 2.19. The van der Waals surface area contributed by atoms with E-state index in [0.717, 1.165) is 17.7 Å². The molecule has 1 aromatic heterocycles. The molecule has 0 saturated carbocycles. The van der Waals surface area contributed by atoms with Crippen molar-refractivity contribution < 1.29 is 18.7 Å². The minimum absolute atomic E-state index is 0.0117. The third-order valence-corrected chi connectivity index (χ3v) is 3.68. The Morgan fingerprint density at radius 3 is 3.04 bits per heavy atom. The highest BCUT2D eigenvalue weighted by molar-refractivity contribution is 5.99. The summed E-state index contributed by atoms with van der Waals surface area (Å²) >= 11 is 0. The summed E-state index contributed by atoms with van der Waals surface area (Å²) in [4.78, 5) is 23.9. The number of carbonyl (C=O) groups excluding carboxylic acids is 2. The van der Waals surface area contributed by atoms with Crippen LogP contribution in [0.25, 0.3) is 0 Å². The number of amides is 1. The lowest BCUT2D eigenvalue weighted by atomic mass is 10.1. The molecule has 0 saturated heterocycles. The number of nitrogens with zero attached hydrogens (tertiary/aromatic N) is 1. The van der Waals surface area contributed by atoms with Crippen LogP contribution in [0, 0.1) is 5.82 Å². The van der Waals surface area contributed by atoms with E-state index in [2.05, 4.69) is 15.5 Å². The molecule has 1 aliphatic rings. The average molecular weight is 317 g/mol. The number of carbonyl (C=O) groups is 2. The lowest BCUT2D eigenvalue weighted by molar-refractivity contribution is -0.116. The van der Waals surface area contributed by atoms with Crippen LogP contribution in [0.15, 0.2) is 24.3 Å². The van der Waals surface area contributed by atoms with Gasteiger partial charge in [-0.3, -0.25) is 14.7 Å². The molecule has 6 nitrogen and oxygen atoms in total. The number of Topliss-reactive ketones (excluding diaryl/α,β-unsaturated/α-hetero) is 1. The summed E-state index contributed by atoms with van der Waals surface area (Å²) in [6.45, 7) is 1.04. The smallest absolute Gasteiger partial charge is 0.226 e. The Morgan fingerprint density at radius 1 is 1.35 bits per heavy atom. The fraction of sp³-hybridized carbons (Fsp3) is 0.312. The van der Waals surface area contributed by atoms with Gasteiger partial charge >= 0.3 is 0 Å². The number of ether oxygens (including phenoxy) is 1. The number of H-pyrrole nitrogens is 1. The van der Waals surface area contributed by atoms with Gasteiger partial charge in [-0.05, 0) is 12.1 Å². The lowest BCUT2D eigenvalue weighted by Crippen LogP contribution is -2.16. The molecular weight excluding hydrogens is 301 g/mol. The fourth-order valence-corrected chi connectivity index (χ4v) is 2.44. The molecule has 0 aliphatic carbocycles. The maximum absolute atomic E-state index is 13.1. The number of benzene rings is 1. The molecule has 1 aromatic carbocycles. The van der Waals surface area contributed by atoms with E-state index in [1.54, 1.807) is 0 Å². The van der Waals surface area contributed by atoms with E-state index in [4.69, 9.17) is 4.74 Å². The summed E-state index contributed by atoms with van der Waals surface area (Å²) in [7, 11) is 0. The second-order valence-electron chi connectivity index (χ2n) is 5.31. The predicted octanol–water partition coefficient (Wildman–Crippen LogP) is 2.22. The highest BCUT2D eigenvalue weighted by Crippen LogP contribution is 2.22. The highest BCUT2D eigenvalue weighted by atomic mass is 19.1. The summed E-state index contributed by atoms with van der Waals surface area (Å²) in [5, 5.41) is 9.62. The van der Waals surface area contributed by atoms with E-state index >= 15 is 0 Å². The molecule has 2 heterocycles. The van der Waals surface area contributed by atoms with E-state index in [0.29, 0.717) is 19.0 Å². The average Bonchev–Trinajstić information content (AvgIpc) is 2.96. The van der Waals surface area contributed by atoms with Crippen molar-refractivity contribution in [3.63, 3.8) is 0 Å². The van der Waals surface area contributed by atoms with Crippen LogP contribution in [-0.2, 0) is 22.6 Å². The maximum atomic E-state index is 13.1. The van der Waals surface area contributed by atoms with Crippen molar-refractivity contribution in [2.45, 2.75) is 25.9 Å². The van der Waals surface area contributed by atoms with Gasteiger partial charge in [0.1, 0.15) is 5.82 Å². The van der Waals surface area contributed by atoms with E-state index in [1.807, 2.05) is 0 Å². The number of hydrogen-bond acceptors (Lipinski definition) is 4. The van der Waals surface area contributed by atoms with E-state index in [1.165, 1.54) is 24.3 Å². The van der Waals surface area contributed by atoms with E-state index < -0.39 is 5.82 Å². The molecule has 23 heavy (non-hydrogen) atoms. The van der Waals surface area contributed by atoms with Crippen molar-refractivity contribution in [2.24, 2.45) is 0 Å². The number of aromatic amines is 1. The minimum atomic E-state index is -0.469. The molecule has 2 aromatic rings. The molecule has 0 fully saturated rings. The van der Waals surface area contributed by atoms with Crippen LogP contribution in [0.2, 0.25) is 0 Å². The van der Waals surface area contributed by atoms with Crippen molar-refractivity contribution in [3.8, 4) is 0 Å². The largest absolute Gasteiger partial charge is 0.376 e. The third kappa shape index (κ3) is 3.62. The standard InChI is InChI=1S/C16H16FN3O3/c17-11-3-1-2-10(8-11)14(21)4-5-15(22)18-16-12-9-23-7-6-13(12)19-20-16/h1-3,8H,4-7,9H2,(H2,18,19,20,22). The van der Waals surface area contributed by atoms with E-state index in [-0.39, 0.29) is 30.1 Å². The Morgan fingerprint density at radius 2 is 2.22 bits per heavy atom. The number of anilines is 1. The van der Waals surface area contributed by atoms with Crippen LogP contribution in [0.1, 0.15) is 34.5 Å². The number of ketones is 1. The first kappa shape index (κ1) is 15.4. The zero-order chi connectivity index (χ0) is 16.2. The summed E-state index contributed by atoms with van der Waals surface area (Å²) in [5.41, 5.74) is 2.08. The predicted molar refractivity (Wildman–Crippen MR) is 80.5 cm³/mol. The quantitative estimate of drug-likeness (QED) is 0.828. The van der Waals surface area contributed by atoms with Gasteiger partial charge in [0.25, 0.3) is 0 Å². The summed E-state index contributed by atoms with van der Waals surface area (Å²) < 4.78 is 18.4. The molecule has 7 heteroatoms. The van der Waals surface area contributed by atoms with Crippen LogP contribution in [0.4, 0.5) is 10.2 Å².